The molecular formula is C13H9F6N3O2. The molecule has 1 N–H and O–H groups in total. The summed E-state index contributed by atoms with van der Waals surface area (Å²) in [6.07, 6.45) is -8.55. The largest absolute Gasteiger partial charge is 0.573 e. The normalized spacial score (nSPS) is 12.1. The van der Waals surface area contributed by atoms with Gasteiger partial charge in [-0.25, -0.2) is 0 Å². The fraction of sp³-hybridized carbons (Fsp3) is 0.231. The van der Waals surface area contributed by atoms with E-state index in [0.29, 0.717) is 6.07 Å². The maximum absolute atomic E-state index is 12.4. The Labute approximate surface area is 130 Å². The Morgan fingerprint density at radius 2 is 1.88 bits per heavy atom. The van der Waals surface area contributed by atoms with Crippen molar-refractivity contribution in [2.45, 2.75) is 19.1 Å². The number of hydrogen-bond acceptors (Lipinski definition) is 3. The fourth-order valence-electron chi connectivity index (χ4n) is 1.72. The number of halogens is 6. The van der Waals surface area contributed by atoms with Crippen LogP contribution in [0.1, 0.15) is 5.69 Å². The number of carbonyl (C=O) groups excluding carboxylic acids is 1. The first-order chi connectivity index (χ1) is 11.0. The lowest BCUT2D eigenvalue weighted by atomic mass is 10.3. The number of benzene rings is 1. The van der Waals surface area contributed by atoms with Gasteiger partial charge in [0.1, 0.15) is 12.3 Å². The van der Waals surface area contributed by atoms with Gasteiger partial charge in [0, 0.05) is 18.0 Å². The molecule has 1 amide bonds. The monoisotopic (exact) mass is 353 g/mol. The molecule has 0 spiro atoms. The quantitative estimate of drug-likeness (QED) is 0.857. The lowest BCUT2D eigenvalue weighted by Gasteiger charge is -2.10. The number of carbonyl (C=O) groups is 1. The van der Waals surface area contributed by atoms with Crippen LogP contribution in [0.15, 0.2) is 36.5 Å². The van der Waals surface area contributed by atoms with E-state index < -0.39 is 36.4 Å². The summed E-state index contributed by atoms with van der Waals surface area (Å²) in [6.45, 7) is -0.541. The highest BCUT2D eigenvalue weighted by molar-refractivity contribution is 5.90. The molecule has 130 valence electrons. The zero-order valence-corrected chi connectivity index (χ0v) is 11.6. The second-order valence-electron chi connectivity index (χ2n) is 4.52. The Balaban J connectivity index is 2.00. The summed E-state index contributed by atoms with van der Waals surface area (Å²) in [5.74, 6) is -1.31. The standard InChI is InChI=1S/C13H9F6N3O2/c14-12(15,16)10-4-5-22(21-10)7-11(23)20-8-2-1-3-9(6-8)24-13(17,18)19/h1-6H,7H2,(H,20,23). The molecule has 11 heteroatoms. The molecule has 0 saturated heterocycles. The van der Waals surface area contributed by atoms with E-state index in [1.54, 1.807) is 0 Å². The van der Waals surface area contributed by atoms with Gasteiger partial charge < -0.3 is 10.1 Å². The number of alkyl halides is 6. The van der Waals surface area contributed by atoms with Gasteiger partial charge in [0.15, 0.2) is 5.69 Å². The molecule has 1 heterocycles. The van der Waals surface area contributed by atoms with Gasteiger partial charge in [0.25, 0.3) is 0 Å². The smallest absolute Gasteiger partial charge is 0.406 e. The predicted octanol–water partition coefficient (Wildman–Crippen LogP) is 3.44. The van der Waals surface area contributed by atoms with E-state index in [1.165, 1.54) is 12.1 Å². The molecule has 1 aromatic carbocycles. The molecular weight excluding hydrogens is 344 g/mol. The summed E-state index contributed by atoms with van der Waals surface area (Å²) in [7, 11) is 0. The Bertz CT molecular complexity index is 723. The highest BCUT2D eigenvalue weighted by Crippen LogP contribution is 2.27. The van der Waals surface area contributed by atoms with Crippen molar-refractivity contribution in [3.8, 4) is 5.75 Å². The van der Waals surface area contributed by atoms with Crippen LogP contribution in [0.4, 0.5) is 32.0 Å². The number of hydrogen-bond donors (Lipinski definition) is 1. The Hall–Kier alpha value is -2.72. The molecule has 0 aliphatic heterocycles. The SMILES string of the molecule is O=C(Cn1ccc(C(F)(F)F)n1)Nc1cccc(OC(F)(F)F)c1. The average Bonchev–Trinajstić information content (AvgIpc) is 2.85. The number of amides is 1. The number of anilines is 1. The van der Waals surface area contributed by atoms with Crippen molar-refractivity contribution in [2.24, 2.45) is 0 Å². The van der Waals surface area contributed by atoms with Gasteiger partial charge in [-0.15, -0.1) is 13.2 Å². The second kappa shape index (κ2) is 6.42. The maximum Gasteiger partial charge on any atom is 0.573 e. The molecule has 2 rings (SSSR count). The molecule has 0 bridgehead atoms. The van der Waals surface area contributed by atoms with E-state index in [4.69, 9.17) is 0 Å². The first kappa shape index (κ1) is 17.6. The molecule has 0 unspecified atom stereocenters. The Kier molecular flexibility index (Phi) is 4.71. The predicted molar refractivity (Wildman–Crippen MR) is 69.0 cm³/mol. The molecule has 1 aromatic heterocycles. The summed E-state index contributed by atoms with van der Waals surface area (Å²) in [5.41, 5.74) is -1.17. The van der Waals surface area contributed by atoms with Crippen LogP contribution in [0.25, 0.3) is 0 Å². The van der Waals surface area contributed by atoms with E-state index in [-0.39, 0.29) is 5.69 Å². The molecule has 2 aromatic rings. The molecule has 0 atom stereocenters. The first-order valence-corrected chi connectivity index (χ1v) is 6.29. The summed E-state index contributed by atoms with van der Waals surface area (Å²) in [4.78, 5) is 11.7. The van der Waals surface area contributed by atoms with E-state index in [1.807, 2.05) is 0 Å². The zero-order valence-electron chi connectivity index (χ0n) is 11.6. The molecule has 0 aliphatic rings. The number of nitrogens with one attached hydrogen (secondary N) is 1. The van der Waals surface area contributed by atoms with Gasteiger partial charge in [0.05, 0.1) is 0 Å². The number of nitrogens with zero attached hydrogens (tertiary/aromatic N) is 2. The summed E-state index contributed by atoms with van der Waals surface area (Å²) in [5, 5.41) is 5.42. The van der Waals surface area contributed by atoms with E-state index in [0.717, 1.165) is 23.0 Å². The topological polar surface area (TPSA) is 56.2 Å². The third kappa shape index (κ3) is 5.18. The fourth-order valence-corrected chi connectivity index (χ4v) is 1.72. The van der Waals surface area contributed by atoms with Crippen molar-refractivity contribution < 1.29 is 35.9 Å². The number of rotatable bonds is 4. The number of ether oxygens (including phenoxy) is 1. The third-order valence-electron chi connectivity index (χ3n) is 2.59. The lowest BCUT2D eigenvalue weighted by molar-refractivity contribution is -0.274. The van der Waals surface area contributed by atoms with Crippen molar-refractivity contribution in [2.75, 3.05) is 5.32 Å². The zero-order chi connectivity index (χ0) is 18.0. The molecule has 0 radical (unpaired) electrons. The van der Waals surface area contributed by atoms with E-state index in [2.05, 4.69) is 15.2 Å². The van der Waals surface area contributed by atoms with Gasteiger partial charge in [-0.3, -0.25) is 9.48 Å². The van der Waals surface area contributed by atoms with Crippen LogP contribution in [0.3, 0.4) is 0 Å². The minimum Gasteiger partial charge on any atom is -0.406 e. The van der Waals surface area contributed by atoms with Gasteiger partial charge in [-0.2, -0.15) is 18.3 Å². The van der Waals surface area contributed by atoms with Gasteiger partial charge >= 0.3 is 12.5 Å². The van der Waals surface area contributed by atoms with Crippen molar-refractivity contribution in [1.29, 1.82) is 0 Å². The van der Waals surface area contributed by atoms with Crippen LogP contribution >= 0.6 is 0 Å². The molecule has 0 saturated carbocycles. The Morgan fingerprint density at radius 1 is 1.17 bits per heavy atom. The van der Waals surface area contributed by atoms with Crippen molar-refractivity contribution in [1.82, 2.24) is 9.78 Å². The lowest BCUT2D eigenvalue weighted by Crippen LogP contribution is -2.20. The summed E-state index contributed by atoms with van der Waals surface area (Å²) >= 11 is 0. The minimum atomic E-state index is -4.88. The molecule has 0 aliphatic carbocycles. The van der Waals surface area contributed by atoms with Gasteiger partial charge in [0.2, 0.25) is 5.91 Å². The van der Waals surface area contributed by atoms with Crippen molar-refractivity contribution >= 4 is 11.6 Å². The molecule has 24 heavy (non-hydrogen) atoms. The van der Waals surface area contributed by atoms with Crippen LogP contribution < -0.4 is 10.1 Å². The van der Waals surface area contributed by atoms with Crippen LogP contribution in [0, 0.1) is 0 Å². The summed E-state index contributed by atoms with van der Waals surface area (Å²) < 4.78 is 77.9. The van der Waals surface area contributed by atoms with Crippen LogP contribution in [-0.4, -0.2) is 22.1 Å². The highest BCUT2D eigenvalue weighted by Gasteiger charge is 2.33. The highest BCUT2D eigenvalue weighted by atomic mass is 19.4. The summed E-state index contributed by atoms with van der Waals surface area (Å²) in [6, 6.07) is 5.17. The average molecular weight is 353 g/mol. The van der Waals surface area contributed by atoms with Gasteiger partial charge in [-0.1, -0.05) is 6.07 Å². The molecule has 0 fully saturated rings. The molecule has 5 nitrogen and oxygen atoms in total. The number of aromatic nitrogens is 2. The van der Waals surface area contributed by atoms with E-state index in [9.17, 15) is 31.1 Å². The van der Waals surface area contributed by atoms with Crippen LogP contribution in [-0.2, 0) is 17.5 Å². The Morgan fingerprint density at radius 3 is 2.46 bits per heavy atom. The second-order valence-corrected chi connectivity index (χ2v) is 4.52. The first-order valence-electron chi connectivity index (χ1n) is 6.29. The van der Waals surface area contributed by atoms with Crippen LogP contribution in [0.5, 0.6) is 5.75 Å². The van der Waals surface area contributed by atoms with Crippen LogP contribution in [0.2, 0.25) is 0 Å². The third-order valence-corrected chi connectivity index (χ3v) is 2.59. The van der Waals surface area contributed by atoms with Crippen molar-refractivity contribution in [3.05, 3.63) is 42.2 Å². The van der Waals surface area contributed by atoms with Gasteiger partial charge in [-0.05, 0) is 18.2 Å². The minimum absolute atomic E-state index is 0.00930. The van der Waals surface area contributed by atoms with E-state index >= 15 is 0 Å². The van der Waals surface area contributed by atoms with Crippen molar-refractivity contribution in [3.63, 3.8) is 0 Å². The maximum atomic E-state index is 12.4.